The van der Waals surface area contributed by atoms with Crippen molar-refractivity contribution in [2.75, 3.05) is 0 Å². The maximum absolute atomic E-state index is 6.48. The Kier molecular flexibility index (Phi) is 5.87. The minimum atomic E-state index is -0.390. The molecule has 0 saturated heterocycles. The third kappa shape index (κ3) is 4.18. The summed E-state index contributed by atoms with van der Waals surface area (Å²) in [7, 11) is 0. The van der Waals surface area contributed by atoms with Crippen molar-refractivity contribution in [3.05, 3.63) is 168 Å². The molecule has 0 amide bonds. The van der Waals surface area contributed by atoms with E-state index >= 15 is 0 Å². The van der Waals surface area contributed by atoms with Crippen molar-refractivity contribution in [2.24, 2.45) is 9.98 Å². The Morgan fingerprint density at radius 2 is 1.17 bits per heavy atom. The topological polar surface area (TPSA) is 63.0 Å². The van der Waals surface area contributed by atoms with E-state index in [1.165, 1.54) is 5.39 Å². The first-order valence-electron chi connectivity index (χ1n) is 16.1. The van der Waals surface area contributed by atoms with Crippen LogP contribution in [0.15, 0.2) is 170 Å². The average molecular weight is 618 g/mol. The summed E-state index contributed by atoms with van der Waals surface area (Å²) in [4.78, 5) is 10.5. The van der Waals surface area contributed by atoms with Crippen molar-refractivity contribution in [2.45, 2.75) is 6.17 Å². The van der Waals surface area contributed by atoms with Crippen LogP contribution in [-0.2, 0) is 0 Å². The van der Waals surface area contributed by atoms with Crippen LogP contribution in [0, 0.1) is 0 Å². The summed E-state index contributed by atoms with van der Waals surface area (Å²) in [5, 5.41) is 10.3. The SMILES string of the molecule is c1ccc(-c2cccc3oc4cccc(C5=NC(c6cccc7c6oc6ccccc67)=NC(c6ccc7ccccc7c6)N5)c4c23)cc1. The van der Waals surface area contributed by atoms with Crippen LogP contribution in [0.2, 0.25) is 0 Å². The van der Waals surface area contributed by atoms with Crippen LogP contribution in [0.3, 0.4) is 0 Å². The third-order valence-corrected chi connectivity index (χ3v) is 9.34. The van der Waals surface area contributed by atoms with Gasteiger partial charge in [0, 0.05) is 27.1 Å². The molecule has 1 N–H and O–H groups in total. The highest BCUT2D eigenvalue weighted by Crippen LogP contribution is 2.39. The number of amidine groups is 2. The molecule has 0 radical (unpaired) electrons. The van der Waals surface area contributed by atoms with Crippen molar-refractivity contribution in [1.82, 2.24) is 5.32 Å². The lowest BCUT2D eigenvalue weighted by molar-refractivity contribution is 0.663. The van der Waals surface area contributed by atoms with Gasteiger partial charge in [-0.1, -0.05) is 121 Å². The zero-order chi connectivity index (χ0) is 31.6. The number of aliphatic imine (C=N–C) groups is 2. The van der Waals surface area contributed by atoms with E-state index in [0.717, 1.165) is 82.9 Å². The number of furan rings is 2. The van der Waals surface area contributed by atoms with Crippen molar-refractivity contribution >= 4 is 66.3 Å². The minimum Gasteiger partial charge on any atom is -0.456 e. The molecule has 48 heavy (non-hydrogen) atoms. The van der Waals surface area contributed by atoms with Gasteiger partial charge in [0.25, 0.3) is 0 Å². The summed E-state index contributed by atoms with van der Waals surface area (Å²) in [5.74, 6) is 1.34. The van der Waals surface area contributed by atoms with Crippen LogP contribution >= 0.6 is 0 Å². The molecular formula is C43H27N3O2. The molecule has 0 aliphatic carbocycles. The van der Waals surface area contributed by atoms with Gasteiger partial charge in [0.2, 0.25) is 0 Å². The first-order chi connectivity index (χ1) is 23.8. The zero-order valence-corrected chi connectivity index (χ0v) is 25.7. The second-order valence-electron chi connectivity index (χ2n) is 12.2. The molecule has 1 aliphatic heterocycles. The van der Waals surface area contributed by atoms with E-state index in [4.69, 9.17) is 18.8 Å². The van der Waals surface area contributed by atoms with Gasteiger partial charge in [-0.2, -0.15) is 0 Å². The number of hydrogen-bond donors (Lipinski definition) is 1. The van der Waals surface area contributed by atoms with Crippen molar-refractivity contribution in [3.8, 4) is 11.1 Å². The summed E-state index contributed by atoms with van der Waals surface area (Å²) in [5.41, 5.74) is 8.35. The molecule has 0 fully saturated rings. The maximum Gasteiger partial charge on any atom is 0.163 e. The van der Waals surface area contributed by atoms with Crippen LogP contribution in [0.25, 0.3) is 65.8 Å². The fourth-order valence-corrected chi connectivity index (χ4v) is 7.10. The first-order valence-corrected chi connectivity index (χ1v) is 16.1. The zero-order valence-electron chi connectivity index (χ0n) is 25.7. The molecule has 1 unspecified atom stereocenters. The maximum atomic E-state index is 6.48. The normalized spacial score (nSPS) is 14.9. The number of rotatable bonds is 4. The Morgan fingerprint density at radius 1 is 0.500 bits per heavy atom. The van der Waals surface area contributed by atoms with E-state index in [0.29, 0.717) is 5.84 Å². The smallest absolute Gasteiger partial charge is 0.163 e. The number of nitrogens with one attached hydrogen (secondary N) is 1. The molecule has 7 aromatic carbocycles. The van der Waals surface area contributed by atoms with Gasteiger partial charge in [-0.15, -0.1) is 0 Å². The molecule has 226 valence electrons. The molecule has 3 heterocycles. The molecule has 1 aliphatic rings. The van der Waals surface area contributed by atoms with Crippen LogP contribution in [-0.4, -0.2) is 11.7 Å². The van der Waals surface area contributed by atoms with Crippen LogP contribution in [0.5, 0.6) is 0 Å². The Balaban J connectivity index is 1.22. The largest absolute Gasteiger partial charge is 0.456 e. The number of benzene rings is 7. The fraction of sp³-hybridized carbons (Fsp3) is 0.0233. The van der Waals surface area contributed by atoms with E-state index in [1.807, 2.05) is 42.5 Å². The van der Waals surface area contributed by atoms with Gasteiger partial charge in [0.15, 0.2) is 5.84 Å². The predicted octanol–water partition coefficient (Wildman–Crippen LogP) is 10.8. The van der Waals surface area contributed by atoms with Gasteiger partial charge >= 0.3 is 0 Å². The van der Waals surface area contributed by atoms with E-state index in [-0.39, 0.29) is 0 Å². The summed E-state index contributed by atoms with van der Waals surface area (Å²) in [6, 6.07) is 52.1. The van der Waals surface area contributed by atoms with Gasteiger partial charge in [0.05, 0.1) is 5.56 Å². The number of para-hydroxylation sites is 2. The highest BCUT2D eigenvalue weighted by Gasteiger charge is 2.26. The number of fused-ring (bicyclic) bond motifs is 7. The van der Waals surface area contributed by atoms with E-state index < -0.39 is 6.17 Å². The van der Waals surface area contributed by atoms with E-state index in [1.54, 1.807) is 0 Å². The molecular weight excluding hydrogens is 590 g/mol. The molecule has 0 spiro atoms. The number of hydrogen-bond acceptors (Lipinski definition) is 5. The van der Waals surface area contributed by atoms with Gasteiger partial charge in [-0.05, 0) is 57.8 Å². The Labute approximate surface area is 275 Å². The standard InChI is InChI=1S/C43H27N3O2/c1-2-12-27(13-3-1)30-16-9-21-36-38(30)39-33(18-10-22-37(39)47-36)42-44-41(29-24-23-26-11-4-5-14-28(26)25-29)45-43(46-42)34-19-8-17-32-31-15-6-7-20-35(31)48-40(32)34/h1-25,41H,(H,44,45,46). The van der Waals surface area contributed by atoms with Crippen molar-refractivity contribution < 1.29 is 8.83 Å². The summed E-state index contributed by atoms with van der Waals surface area (Å²) in [6.07, 6.45) is -0.390. The van der Waals surface area contributed by atoms with Crippen LogP contribution < -0.4 is 5.32 Å². The Morgan fingerprint density at radius 3 is 2.04 bits per heavy atom. The first kappa shape index (κ1) is 26.7. The van der Waals surface area contributed by atoms with E-state index in [9.17, 15) is 0 Å². The second-order valence-corrected chi connectivity index (χ2v) is 12.2. The van der Waals surface area contributed by atoms with Crippen LogP contribution in [0.1, 0.15) is 22.9 Å². The average Bonchev–Trinajstić information content (AvgIpc) is 3.73. The summed E-state index contributed by atoms with van der Waals surface area (Å²) in [6.45, 7) is 0. The van der Waals surface area contributed by atoms with Gasteiger partial charge < -0.3 is 14.2 Å². The quantitative estimate of drug-likeness (QED) is 0.214. The molecule has 5 nitrogen and oxygen atoms in total. The predicted molar refractivity (Wildman–Crippen MR) is 196 cm³/mol. The van der Waals surface area contributed by atoms with Crippen molar-refractivity contribution in [3.63, 3.8) is 0 Å². The molecule has 9 aromatic rings. The molecule has 2 aromatic heterocycles. The minimum absolute atomic E-state index is 0.390. The number of nitrogens with zero attached hydrogens (tertiary/aromatic N) is 2. The molecule has 1 atom stereocenters. The third-order valence-electron chi connectivity index (χ3n) is 9.34. The lowest BCUT2D eigenvalue weighted by Gasteiger charge is -2.24. The summed E-state index contributed by atoms with van der Waals surface area (Å²) < 4.78 is 13.0. The fourth-order valence-electron chi connectivity index (χ4n) is 7.10. The van der Waals surface area contributed by atoms with Crippen molar-refractivity contribution in [1.29, 1.82) is 0 Å². The highest BCUT2D eigenvalue weighted by atomic mass is 16.3. The lowest BCUT2D eigenvalue weighted by atomic mass is 9.96. The van der Waals surface area contributed by atoms with Crippen LogP contribution in [0.4, 0.5) is 0 Å². The molecule has 0 saturated carbocycles. The molecule has 0 bridgehead atoms. The second kappa shape index (κ2) is 10.5. The Hall–Kier alpha value is -6.46. The lowest BCUT2D eigenvalue weighted by Crippen LogP contribution is -2.33. The molecule has 10 rings (SSSR count). The van der Waals surface area contributed by atoms with Gasteiger partial charge in [0.1, 0.15) is 34.3 Å². The van der Waals surface area contributed by atoms with Gasteiger partial charge in [-0.25, -0.2) is 9.98 Å². The van der Waals surface area contributed by atoms with E-state index in [2.05, 4.69) is 115 Å². The molecule has 5 heteroatoms. The Bertz CT molecular complexity index is 2770. The monoisotopic (exact) mass is 617 g/mol. The highest BCUT2D eigenvalue weighted by molar-refractivity contribution is 6.25. The van der Waals surface area contributed by atoms with Gasteiger partial charge in [-0.3, -0.25) is 0 Å². The summed E-state index contributed by atoms with van der Waals surface area (Å²) >= 11 is 0.